The molecule has 0 fully saturated rings. The van der Waals surface area contributed by atoms with Crippen LogP contribution in [0.3, 0.4) is 0 Å². The van der Waals surface area contributed by atoms with Gasteiger partial charge < -0.3 is 14.4 Å². The SMILES string of the molecule is COc1ccc(C2CC(=O)N(Cc3ccc([N+](=O)[O-])cc3)C(C)=C2C(=O)OCC(C)C)cc1. The molecule has 0 aliphatic carbocycles. The number of hydrogen-bond donors (Lipinski definition) is 0. The van der Waals surface area contributed by atoms with Crippen molar-refractivity contribution in [3.8, 4) is 5.75 Å². The lowest BCUT2D eigenvalue weighted by molar-refractivity contribution is -0.384. The van der Waals surface area contributed by atoms with Crippen molar-refractivity contribution in [3.05, 3.63) is 81.0 Å². The lowest BCUT2D eigenvalue weighted by Crippen LogP contribution is -2.38. The van der Waals surface area contributed by atoms with E-state index in [9.17, 15) is 19.7 Å². The van der Waals surface area contributed by atoms with Crippen molar-refractivity contribution < 1.29 is 24.0 Å². The minimum atomic E-state index is -0.469. The van der Waals surface area contributed by atoms with E-state index in [1.54, 1.807) is 43.2 Å². The summed E-state index contributed by atoms with van der Waals surface area (Å²) in [7, 11) is 1.58. The number of hydrogen-bond acceptors (Lipinski definition) is 6. The summed E-state index contributed by atoms with van der Waals surface area (Å²) in [5.41, 5.74) is 2.51. The van der Waals surface area contributed by atoms with Crippen molar-refractivity contribution in [1.29, 1.82) is 0 Å². The Balaban J connectivity index is 1.97. The summed E-state index contributed by atoms with van der Waals surface area (Å²) in [6, 6.07) is 13.3. The van der Waals surface area contributed by atoms with Gasteiger partial charge in [0.15, 0.2) is 0 Å². The Morgan fingerprint density at radius 2 is 1.79 bits per heavy atom. The van der Waals surface area contributed by atoms with Crippen molar-refractivity contribution in [2.24, 2.45) is 5.92 Å². The van der Waals surface area contributed by atoms with E-state index in [-0.39, 0.29) is 37.1 Å². The molecule has 2 aromatic carbocycles. The highest BCUT2D eigenvalue weighted by atomic mass is 16.6. The minimum absolute atomic E-state index is 0.0199. The highest BCUT2D eigenvalue weighted by Crippen LogP contribution is 2.38. The summed E-state index contributed by atoms with van der Waals surface area (Å²) in [6.07, 6.45) is 0.114. The topological polar surface area (TPSA) is 99.0 Å². The van der Waals surface area contributed by atoms with Crippen LogP contribution in [0, 0.1) is 16.0 Å². The van der Waals surface area contributed by atoms with E-state index in [2.05, 4.69) is 0 Å². The molecule has 0 bridgehead atoms. The highest BCUT2D eigenvalue weighted by Gasteiger charge is 2.37. The van der Waals surface area contributed by atoms with E-state index in [1.165, 1.54) is 12.1 Å². The first-order chi connectivity index (χ1) is 15.7. The van der Waals surface area contributed by atoms with Gasteiger partial charge in [-0.25, -0.2) is 4.79 Å². The molecule has 1 unspecified atom stereocenters. The van der Waals surface area contributed by atoms with Crippen molar-refractivity contribution in [3.63, 3.8) is 0 Å². The smallest absolute Gasteiger partial charge is 0.336 e. The second kappa shape index (κ2) is 10.3. The number of benzene rings is 2. The maximum Gasteiger partial charge on any atom is 0.336 e. The molecule has 1 atom stereocenters. The molecule has 0 N–H and O–H groups in total. The second-order valence-electron chi connectivity index (χ2n) is 8.42. The number of carbonyl (C=O) groups is 2. The number of amides is 1. The molecular formula is C25H28N2O6. The van der Waals surface area contributed by atoms with Crippen LogP contribution in [-0.4, -0.2) is 35.4 Å². The van der Waals surface area contributed by atoms with E-state index >= 15 is 0 Å². The van der Waals surface area contributed by atoms with Gasteiger partial charge >= 0.3 is 5.97 Å². The van der Waals surface area contributed by atoms with Crippen LogP contribution in [0.4, 0.5) is 5.69 Å². The average molecular weight is 453 g/mol. The third kappa shape index (κ3) is 5.58. The van der Waals surface area contributed by atoms with Gasteiger partial charge in [-0.2, -0.15) is 0 Å². The number of nitrogens with zero attached hydrogens (tertiary/aromatic N) is 2. The van der Waals surface area contributed by atoms with E-state index < -0.39 is 16.8 Å². The molecule has 0 spiro atoms. The highest BCUT2D eigenvalue weighted by molar-refractivity contribution is 5.95. The van der Waals surface area contributed by atoms with Gasteiger partial charge in [-0.15, -0.1) is 0 Å². The molecule has 0 aromatic heterocycles. The molecule has 1 aliphatic rings. The Hall–Kier alpha value is -3.68. The van der Waals surface area contributed by atoms with Crippen LogP contribution in [0.25, 0.3) is 0 Å². The summed E-state index contributed by atoms with van der Waals surface area (Å²) in [4.78, 5) is 38.3. The van der Waals surface area contributed by atoms with Crippen molar-refractivity contribution in [2.75, 3.05) is 13.7 Å². The third-order valence-corrected chi connectivity index (χ3v) is 5.60. The molecule has 8 nitrogen and oxygen atoms in total. The van der Waals surface area contributed by atoms with Gasteiger partial charge in [0.2, 0.25) is 5.91 Å². The fraction of sp³-hybridized carbons (Fsp3) is 0.360. The first kappa shape index (κ1) is 24.0. The number of esters is 1. The van der Waals surface area contributed by atoms with E-state index in [0.717, 1.165) is 11.1 Å². The first-order valence-corrected chi connectivity index (χ1v) is 10.8. The standard InChI is InChI=1S/C25H28N2O6/c1-16(2)15-33-25(29)24-17(3)26(14-18-5-9-20(10-6-18)27(30)31)23(28)13-22(24)19-7-11-21(32-4)12-8-19/h5-12,16,22H,13-15H2,1-4H3. The van der Waals surface area contributed by atoms with Crippen molar-refractivity contribution in [1.82, 2.24) is 4.90 Å². The second-order valence-corrected chi connectivity index (χ2v) is 8.42. The summed E-state index contributed by atoms with van der Waals surface area (Å²) < 4.78 is 10.8. The quantitative estimate of drug-likeness (QED) is 0.330. The zero-order valence-corrected chi connectivity index (χ0v) is 19.2. The molecule has 1 amide bonds. The molecule has 0 saturated heterocycles. The Morgan fingerprint density at radius 1 is 1.15 bits per heavy atom. The lowest BCUT2D eigenvalue weighted by atomic mass is 9.83. The number of nitro benzene ring substituents is 1. The summed E-state index contributed by atoms with van der Waals surface area (Å²) >= 11 is 0. The fourth-order valence-corrected chi connectivity index (χ4v) is 3.81. The molecule has 1 aliphatic heterocycles. The maximum absolute atomic E-state index is 13.1. The number of methoxy groups -OCH3 is 1. The Labute approximate surface area is 193 Å². The first-order valence-electron chi connectivity index (χ1n) is 10.8. The molecule has 8 heteroatoms. The lowest BCUT2D eigenvalue weighted by Gasteiger charge is -2.34. The molecule has 0 radical (unpaired) electrons. The average Bonchev–Trinajstić information content (AvgIpc) is 2.80. The van der Waals surface area contributed by atoms with E-state index in [4.69, 9.17) is 9.47 Å². The Kier molecular flexibility index (Phi) is 7.48. The molecular weight excluding hydrogens is 424 g/mol. The maximum atomic E-state index is 13.1. The van der Waals surface area contributed by atoms with Gasteiger partial charge in [0, 0.05) is 30.2 Å². The van der Waals surface area contributed by atoms with Gasteiger partial charge in [0.25, 0.3) is 5.69 Å². The Bertz CT molecular complexity index is 1060. The van der Waals surface area contributed by atoms with Crippen LogP contribution >= 0.6 is 0 Å². The molecule has 0 saturated carbocycles. The number of nitro groups is 1. The largest absolute Gasteiger partial charge is 0.497 e. The summed E-state index contributed by atoms with van der Waals surface area (Å²) in [6.45, 7) is 6.15. The number of rotatable bonds is 8. The van der Waals surface area contributed by atoms with E-state index in [0.29, 0.717) is 17.0 Å². The monoisotopic (exact) mass is 452 g/mol. The predicted octanol–water partition coefficient (Wildman–Crippen LogP) is 4.59. The van der Waals surface area contributed by atoms with Gasteiger partial charge in [0.1, 0.15) is 5.75 Å². The summed E-state index contributed by atoms with van der Waals surface area (Å²) in [5.74, 6) is -0.146. The normalized spacial score (nSPS) is 16.2. The van der Waals surface area contributed by atoms with Crippen molar-refractivity contribution in [2.45, 2.75) is 39.7 Å². The minimum Gasteiger partial charge on any atom is -0.497 e. The number of carbonyl (C=O) groups excluding carboxylic acids is 2. The molecule has 1 heterocycles. The molecule has 174 valence electrons. The Morgan fingerprint density at radius 3 is 2.33 bits per heavy atom. The van der Waals surface area contributed by atoms with Gasteiger partial charge in [-0.05, 0) is 36.1 Å². The third-order valence-electron chi connectivity index (χ3n) is 5.60. The van der Waals surface area contributed by atoms with Crippen LogP contribution in [-0.2, 0) is 20.9 Å². The van der Waals surface area contributed by atoms with Gasteiger partial charge in [-0.1, -0.05) is 38.1 Å². The number of allylic oxidation sites excluding steroid dienone is 1. The van der Waals surface area contributed by atoms with Crippen LogP contribution in [0.15, 0.2) is 59.8 Å². The van der Waals surface area contributed by atoms with Crippen LogP contribution in [0.5, 0.6) is 5.75 Å². The molecule has 3 rings (SSSR count). The van der Waals surface area contributed by atoms with Gasteiger partial charge in [-0.3, -0.25) is 14.9 Å². The van der Waals surface area contributed by atoms with Crippen LogP contribution < -0.4 is 4.74 Å². The van der Waals surface area contributed by atoms with E-state index in [1.807, 2.05) is 26.0 Å². The zero-order chi connectivity index (χ0) is 24.1. The number of non-ortho nitro benzene ring substituents is 1. The van der Waals surface area contributed by atoms with Gasteiger partial charge in [0.05, 0.1) is 30.8 Å². The van der Waals surface area contributed by atoms with Crippen LogP contribution in [0.2, 0.25) is 0 Å². The van der Waals surface area contributed by atoms with Crippen LogP contribution in [0.1, 0.15) is 44.2 Å². The molecule has 33 heavy (non-hydrogen) atoms. The molecule has 2 aromatic rings. The fourth-order valence-electron chi connectivity index (χ4n) is 3.81. The van der Waals surface area contributed by atoms with Crippen molar-refractivity contribution >= 4 is 17.6 Å². The zero-order valence-electron chi connectivity index (χ0n) is 19.2. The number of ether oxygens (including phenoxy) is 2. The predicted molar refractivity (Wildman–Crippen MR) is 122 cm³/mol. The summed E-state index contributed by atoms with van der Waals surface area (Å²) in [5, 5.41) is 10.9.